The van der Waals surface area contributed by atoms with Crippen LogP contribution in [-0.4, -0.2) is 19.9 Å². The van der Waals surface area contributed by atoms with Gasteiger partial charge in [0.05, 0.1) is 0 Å². The lowest BCUT2D eigenvalue weighted by Gasteiger charge is -2.15. The van der Waals surface area contributed by atoms with Crippen LogP contribution in [0.1, 0.15) is 11.6 Å². The van der Waals surface area contributed by atoms with E-state index < -0.39 is 7.59 Å². The molecular weight excluding hydrogens is 389 g/mol. The third-order valence-corrected chi connectivity index (χ3v) is 3.05. The fraction of sp³-hybridized carbons (Fsp3) is 0.200. The summed E-state index contributed by atoms with van der Waals surface area (Å²) in [5, 5.41) is 0. The summed E-state index contributed by atoms with van der Waals surface area (Å²) < 4.78 is -3.76. The van der Waals surface area contributed by atoms with Crippen molar-refractivity contribution in [1.29, 1.82) is 0 Å². The van der Waals surface area contributed by atoms with Crippen LogP contribution < -0.4 is 0 Å². The number of pyridine rings is 1. The largest absolute Gasteiger partial charge is 0.253 e. The number of aromatic nitrogens is 4. The second kappa shape index (κ2) is 5.95. The summed E-state index contributed by atoms with van der Waals surface area (Å²) in [4.78, 5) is 16.0. The van der Waals surface area contributed by atoms with Crippen molar-refractivity contribution >= 4 is 69.6 Å². The van der Waals surface area contributed by atoms with Crippen molar-refractivity contribution in [2.24, 2.45) is 0 Å². The van der Waals surface area contributed by atoms with Crippen LogP contribution in [0, 0.1) is 0 Å². The van der Waals surface area contributed by atoms with Crippen LogP contribution >= 0.6 is 69.6 Å². The molecule has 0 amide bonds. The van der Waals surface area contributed by atoms with Gasteiger partial charge in [0.1, 0.15) is 5.69 Å². The molecule has 0 unspecified atom stereocenters. The van der Waals surface area contributed by atoms with Gasteiger partial charge >= 0.3 is 0 Å². The number of halogens is 6. The predicted octanol–water partition coefficient (Wildman–Crippen LogP) is 4.59. The lowest BCUT2D eigenvalue weighted by molar-refractivity contribution is 0.848. The lowest BCUT2D eigenvalue weighted by atomic mass is 10.3. The Bertz CT molecular complexity index is 575. The lowest BCUT2D eigenvalue weighted by Crippen LogP contribution is -2.17. The first-order chi connectivity index (χ1) is 9.18. The van der Waals surface area contributed by atoms with Gasteiger partial charge in [0.15, 0.2) is 17.5 Å². The molecule has 10 heteroatoms. The fourth-order valence-electron chi connectivity index (χ4n) is 1.24. The van der Waals surface area contributed by atoms with Crippen LogP contribution in [0.3, 0.4) is 0 Å². The molecular formula is C10H4Cl6N4. The molecule has 2 aromatic heterocycles. The van der Waals surface area contributed by atoms with E-state index in [-0.39, 0.29) is 17.5 Å². The average molecular weight is 393 g/mol. The summed E-state index contributed by atoms with van der Waals surface area (Å²) in [7, 11) is 0. The summed E-state index contributed by atoms with van der Waals surface area (Å²) in [6, 6.07) is 5.15. The van der Waals surface area contributed by atoms with Gasteiger partial charge in [-0.1, -0.05) is 75.7 Å². The van der Waals surface area contributed by atoms with Crippen molar-refractivity contribution < 1.29 is 0 Å². The maximum atomic E-state index is 5.77. The van der Waals surface area contributed by atoms with E-state index in [2.05, 4.69) is 19.9 Å². The topological polar surface area (TPSA) is 51.6 Å². The quantitative estimate of drug-likeness (QED) is 0.666. The van der Waals surface area contributed by atoms with Crippen LogP contribution in [0.25, 0.3) is 11.5 Å². The molecule has 106 valence electrons. The van der Waals surface area contributed by atoms with Gasteiger partial charge in [-0.05, 0) is 12.1 Å². The third kappa shape index (κ3) is 3.97. The van der Waals surface area contributed by atoms with Crippen molar-refractivity contribution in [3.05, 3.63) is 36.0 Å². The highest BCUT2D eigenvalue weighted by atomic mass is 35.6. The van der Waals surface area contributed by atoms with E-state index in [1.165, 1.54) is 0 Å². The van der Waals surface area contributed by atoms with E-state index in [9.17, 15) is 0 Å². The Morgan fingerprint density at radius 3 is 1.70 bits per heavy atom. The monoisotopic (exact) mass is 390 g/mol. The zero-order valence-corrected chi connectivity index (χ0v) is 13.9. The highest BCUT2D eigenvalue weighted by Gasteiger charge is 2.34. The fourth-order valence-corrected chi connectivity index (χ4v) is 1.75. The van der Waals surface area contributed by atoms with Crippen molar-refractivity contribution in [3.63, 3.8) is 0 Å². The van der Waals surface area contributed by atoms with Gasteiger partial charge in [-0.25, -0.2) is 15.0 Å². The molecule has 0 saturated carbocycles. The molecule has 0 aliphatic heterocycles. The molecule has 2 heterocycles. The Labute approximate surface area is 144 Å². The Hall–Kier alpha value is -0.100. The SMILES string of the molecule is ClC(Cl)(Cl)c1nc(-c2ccccn2)nc(C(Cl)(Cl)Cl)n1. The van der Waals surface area contributed by atoms with E-state index in [0.717, 1.165) is 0 Å². The number of nitrogens with zero attached hydrogens (tertiary/aromatic N) is 4. The average Bonchev–Trinajstić information content (AvgIpc) is 2.37. The molecule has 20 heavy (non-hydrogen) atoms. The molecule has 2 aromatic rings. The van der Waals surface area contributed by atoms with E-state index in [1.807, 2.05) is 0 Å². The van der Waals surface area contributed by atoms with Crippen LogP contribution in [0.15, 0.2) is 24.4 Å². The van der Waals surface area contributed by atoms with E-state index in [0.29, 0.717) is 5.69 Å². The molecule has 0 aliphatic carbocycles. The van der Waals surface area contributed by atoms with E-state index in [4.69, 9.17) is 69.6 Å². The second-order valence-corrected chi connectivity index (χ2v) is 8.08. The summed E-state index contributed by atoms with van der Waals surface area (Å²) in [6.07, 6.45) is 1.56. The molecule has 0 radical (unpaired) electrons. The minimum atomic E-state index is -1.88. The minimum absolute atomic E-state index is 0.142. The molecule has 0 N–H and O–H groups in total. The van der Waals surface area contributed by atoms with Gasteiger partial charge in [-0.2, -0.15) is 0 Å². The van der Waals surface area contributed by atoms with Gasteiger partial charge in [0, 0.05) is 6.20 Å². The molecule has 0 aromatic carbocycles. The molecule has 0 atom stereocenters. The highest BCUT2D eigenvalue weighted by Crippen LogP contribution is 2.40. The smallest absolute Gasteiger partial charge is 0.250 e. The number of alkyl halides is 6. The maximum absolute atomic E-state index is 5.77. The molecule has 0 fully saturated rings. The van der Waals surface area contributed by atoms with Gasteiger partial charge in [0.2, 0.25) is 7.59 Å². The second-order valence-electron chi connectivity index (χ2n) is 3.52. The normalized spacial score (nSPS) is 12.5. The summed E-state index contributed by atoms with van der Waals surface area (Å²) in [5.41, 5.74) is 0.431. The zero-order valence-electron chi connectivity index (χ0n) is 9.37. The Kier molecular flexibility index (Phi) is 4.84. The summed E-state index contributed by atoms with van der Waals surface area (Å²) in [6.45, 7) is 0. The third-order valence-electron chi connectivity index (χ3n) is 2.04. The maximum Gasteiger partial charge on any atom is 0.250 e. The van der Waals surface area contributed by atoms with Gasteiger partial charge in [-0.3, -0.25) is 4.98 Å². The summed E-state index contributed by atoms with van der Waals surface area (Å²) in [5.74, 6) is -0.165. The standard InChI is InChI=1S/C10H4Cl6N4/c11-9(12,13)7-18-6(5-3-1-2-4-17-5)19-8(20-7)10(14,15)16/h1-4H. The molecule has 0 aliphatic rings. The van der Waals surface area contributed by atoms with E-state index >= 15 is 0 Å². The van der Waals surface area contributed by atoms with Crippen molar-refractivity contribution in [1.82, 2.24) is 19.9 Å². The van der Waals surface area contributed by atoms with Gasteiger partial charge in [-0.15, -0.1) is 0 Å². The van der Waals surface area contributed by atoms with Crippen molar-refractivity contribution in [2.75, 3.05) is 0 Å². The molecule has 0 spiro atoms. The first-order valence-corrected chi connectivity index (χ1v) is 7.26. The van der Waals surface area contributed by atoms with Crippen LogP contribution in [-0.2, 0) is 7.59 Å². The van der Waals surface area contributed by atoms with E-state index in [1.54, 1.807) is 24.4 Å². The van der Waals surface area contributed by atoms with Crippen LogP contribution in [0.2, 0.25) is 0 Å². The van der Waals surface area contributed by atoms with Gasteiger partial charge in [0.25, 0.3) is 0 Å². The number of hydrogen-bond acceptors (Lipinski definition) is 4. The number of hydrogen-bond donors (Lipinski definition) is 0. The first-order valence-electron chi connectivity index (χ1n) is 5.00. The molecule has 4 nitrogen and oxygen atoms in total. The van der Waals surface area contributed by atoms with Crippen LogP contribution in [0.4, 0.5) is 0 Å². The van der Waals surface area contributed by atoms with Crippen molar-refractivity contribution in [3.8, 4) is 11.5 Å². The van der Waals surface area contributed by atoms with Gasteiger partial charge < -0.3 is 0 Å². The number of rotatable bonds is 1. The Morgan fingerprint density at radius 2 is 1.30 bits per heavy atom. The zero-order chi connectivity index (χ0) is 15.0. The Morgan fingerprint density at radius 1 is 0.750 bits per heavy atom. The molecule has 0 saturated heterocycles. The Balaban J connectivity index is 2.64. The van der Waals surface area contributed by atoms with Crippen molar-refractivity contribution in [2.45, 2.75) is 7.59 Å². The summed E-state index contributed by atoms with van der Waals surface area (Å²) >= 11 is 34.6. The van der Waals surface area contributed by atoms with Crippen LogP contribution in [0.5, 0.6) is 0 Å². The first kappa shape index (κ1) is 16.3. The predicted molar refractivity (Wildman–Crippen MR) is 81.5 cm³/mol. The minimum Gasteiger partial charge on any atom is -0.253 e. The molecule has 0 bridgehead atoms. The highest BCUT2D eigenvalue weighted by molar-refractivity contribution is 6.67. The molecule has 2 rings (SSSR count).